The van der Waals surface area contributed by atoms with E-state index < -0.39 is 0 Å². The Morgan fingerprint density at radius 1 is 1.38 bits per heavy atom. The summed E-state index contributed by atoms with van der Waals surface area (Å²) < 4.78 is 5.33. The number of rotatable bonds is 5. The van der Waals surface area contributed by atoms with Crippen molar-refractivity contribution in [2.75, 3.05) is 7.11 Å². The molecule has 4 nitrogen and oxygen atoms in total. The summed E-state index contributed by atoms with van der Waals surface area (Å²) in [6.45, 7) is 2.01. The van der Waals surface area contributed by atoms with Gasteiger partial charge in [0.25, 0.3) is 0 Å². The summed E-state index contributed by atoms with van der Waals surface area (Å²) in [5, 5.41) is 0.827. The minimum absolute atomic E-state index is 0.363. The number of aryl methyl sites for hydroxylation is 1. The van der Waals surface area contributed by atoms with E-state index in [1.807, 2.05) is 37.3 Å². The van der Waals surface area contributed by atoms with Gasteiger partial charge < -0.3 is 9.72 Å². The molecule has 7 heteroatoms. The molecule has 0 spiro atoms. The number of hydrogen-bond acceptors (Lipinski definition) is 5. The number of esters is 1. The number of thioether (sulfide) groups is 1. The number of imidazole rings is 1. The van der Waals surface area contributed by atoms with E-state index in [0.29, 0.717) is 15.0 Å². The molecule has 1 N–H and O–H groups in total. The van der Waals surface area contributed by atoms with E-state index >= 15 is 0 Å². The van der Waals surface area contributed by atoms with E-state index in [-0.39, 0.29) is 5.97 Å². The normalized spacial score (nSPS) is 10.8. The van der Waals surface area contributed by atoms with Crippen LogP contribution in [-0.2, 0) is 10.5 Å². The molecule has 3 aromatic rings. The number of benzene rings is 1. The van der Waals surface area contributed by atoms with E-state index in [1.165, 1.54) is 18.4 Å². The van der Waals surface area contributed by atoms with Crippen LogP contribution in [-0.4, -0.2) is 23.0 Å². The topological polar surface area (TPSA) is 55.0 Å². The summed E-state index contributed by atoms with van der Waals surface area (Å²) in [5.41, 5.74) is 3.96. The molecule has 0 aliphatic carbocycles. The number of aromatic nitrogens is 2. The first kappa shape index (κ1) is 17.1. The first-order valence-electron chi connectivity index (χ1n) is 7.20. The molecule has 3 rings (SSSR count). The van der Waals surface area contributed by atoms with Gasteiger partial charge in [-0.05, 0) is 18.6 Å². The maximum absolute atomic E-state index is 11.6. The Balaban J connectivity index is 1.74. The van der Waals surface area contributed by atoms with Gasteiger partial charge in [0.15, 0.2) is 5.16 Å². The first-order valence-corrected chi connectivity index (χ1v) is 9.38. The number of nitrogens with zero attached hydrogens (tertiary/aromatic N) is 1. The number of aromatic amines is 1. The standard InChI is InChI=1S/C17H15ClN2O2S2/c1-10-14(11-6-4-3-5-7-11)20-17(19-10)23-9-12-8-13(16(21)22-2)24-15(12)18/h3-8H,9H2,1-2H3,(H,19,20). The highest BCUT2D eigenvalue weighted by molar-refractivity contribution is 7.98. The Bertz CT molecular complexity index is 859. The molecular weight excluding hydrogens is 364 g/mol. The summed E-state index contributed by atoms with van der Waals surface area (Å²) >= 11 is 9.00. The van der Waals surface area contributed by atoms with Crippen LogP contribution in [0.25, 0.3) is 11.3 Å². The zero-order valence-corrected chi connectivity index (χ0v) is 15.5. The largest absolute Gasteiger partial charge is 0.465 e. The van der Waals surface area contributed by atoms with Crippen molar-refractivity contribution in [1.29, 1.82) is 0 Å². The van der Waals surface area contributed by atoms with Gasteiger partial charge >= 0.3 is 5.97 Å². The Labute approximate surface area is 153 Å². The average Bonchev–Trinajstić information content (AvgIpc) is 3.15. The van der Waals surface area contributed by atoms with Crippen LogP contribution in [0.3, 0.4) is 0 Å². The lowest BCUT2D eigenvalue weighted by Crippen LogP contribution is -1.97. The minimum Gasteiger partial charge on any atom is -0.465 e. The molecule has 2 heterocycles. The zero-order valence-electron chi connectivity index (χ0n) is 13.1. The van der Waals surface area contributed by atoms with Crippen molar-refractivity contribution < 1.29 is 9.53 Å². The molecular formula is C17H15ClN2O2S2. The van der Waals surface area contributed by atoms with E-state index in [1.54, 1.807) is 17.8 Å². The highest BCUT2D eigenvalue weighted by atomic mass is 35.5. The van der Waals surface area contributed by atoms with Gasteiger partial charge in [-0.3, -0.25) is 0 Å². The van der Waals surface area contributed by atoms with Crippen molar-refractivity contribution in [2.45, 2.75) is 17.8 Å². The lowest BCUT2D eigenvalue weighted by molar-refractivity contribution is 0.0606. The van der Waals surface area contributed by atoms with Crippen molar-refractivity contribution in [3.8, 4) is 11.3 Å². The summed E-state index contributed by atoms with van der Waals surface area (Å²) in [6, 6.07) is 11.8. The number of nitrogens with one attached hydrogen (secondary N) is 1. The van der Waals surface area contributed by atoms with E-state index in [2.05, 4.69) is 9.97 Å². The predicted octanol–water partition coefficient (Wildman–Crippen LogP) is 5.18. The van der Waals surface area contributed by atoms with Gasteiger partial charge in [0.1, 0.15) is 4.88 Å². The minimum atomic E-state index is -0.363. The van der Waals surface area contributed by atoms with Crippen molar-refractivity contribution >= 4 is 40.7 Å². The van der Waals surface area contributed by atoms with Crippen molar-refractivity contribution in [3.05, 3.63) is 56.9 Å². The lowest BCUT2D eigenvalue weighted by Gasteiger charge is -1.97. The predicted molar refractivity (Wildman–Crippen MR) is 99.0 cm³/mol. The zero-order chi connectivity index (χ0) is 17.1. The third-order valence-electron chi connectivity index (χ3n) is 3.42. The fourth-order valence-electron chi connectivity index (χ4n) is 2.23. The van der Waals surface area contributed by atoms with Crippen LogP contribution in [0.5, 0.6) is 0 Å². The molecule has 0 unspecified atom stereocenters. The van der Waals surface area contributed by atoms with Crippen LogP contribution >= 0.6 is 34.7 Å². The Hall–Kier alpha value is -1.76. The number of carbonyl (C=O) groups is 1. The van der Waals surface area contributed by atoms with Crippen LogP contribution in [0.4, 0.5) is 0 Å². The molecule has 0 aliphatic heterocycles. The van der Waals surface area contributed by atoms with Gasteiger partial charge in [0, 0.05) is 17.0 Å². The monoisotopic (exact) mass is 378 g/mol. The molecule has 0 amide bonds. The maximum Gasteiger partial charge on any atom is 0.348 e. The third-order valence-corrected chi connectivity index (χ3v) is 5.76. The number of methoxy groups -OCH3 is 1. The van der Waals surface area contributed by atoms with Crippen molar-refractivity contribution in [2.24, 2.45) is 0 Å². The molecule has 124 valence electrons. The number of ether oxygens (including phenoxy) is 1. The van der Waals surface area contributed by atoms with E-state index in [0.717, 1.165) is 27.7 Å². The second kappa shape index (κ2) is 7.42. The lowest BCUT2D eigenvalue weighted by atomic mass is 10.1. The maximum atomic E-state index is 11.6. The van der Waals surface area contributed by atoms with Crippen LogP contribution in [0, 0.1) is 6.92 Å². The average molecular weight is 379 g/mol. The molecule has 0 fully saturated rings. The Morgan fingerprint density at radius 3 is 2.83 bits per heavy atom. The molecule has 24 heavy (non-hydrogen) atoms. The van der Waals surface area contributed by atoms with Crippen LogP contribution < -0.4 is 0 Å². The highest BCUT2D eigenvalue weighted by Gasteiger charge is 2.15. The second-order valence-corrected chi connectivity index (χ2v) is 7.69. The van der Waals surface area contributed by atoms with E-state index in [9.17, 15) is 4.79 Å². The SMILES string of the molecule is COC(=O)c1cc(CSc2nc(-c3ccccc3)c(C)[nH]2)c(Cl)s1. The summed E-state index contributed by atoms with van der Waals surface area (Å²) in [5.74, 6) is 0.270. The van der Waals surface area contributed by atoms with Gasteiger partial charge in [-0.15, -0.1) is 11.3 Å². The second-order valence-electron chi connectivity index (χ2n) is 5.07. The van der Waals surface area contributed by atoms with Gasteiger partial charge in [0.2, 0.25) is 0 Å². The molecule has 0 radical (unpaired) electrons. The molecule has 0 atom stereocenters. The number of thiophene rings is 1. The van der Waals surface area contributed by atoms with Crippen LogP contribution in [0.15, 0.2) is 41.6 Å². The Kier molecular flexibility index (Phi) is 5.28. The fourth-order valence-corrected chi connectivity index (χ4v) is 4.50. The Morgan fingerprint density at radius 2 is 2.12 bits per heavy atom. The first-order chi connectivity index (χ1) is 11.6. The molecule has 0 saturated heterocycles. The van der Waals surface area contributed by atoms with Gasteiger partial charge in [0.05, 0.1) is 17.1 Å². The van der Waals surface area contributed by atoms with Gasteiger partial charge in [-0.2, -0.15) is 0 Å². The van der Waals surface area contributed by atoms with Gasteiger partial charge in [-0.25, -0.2) is 9.78 Å². The van der Waals surface area contributed by atoms with E-state index in [4.69, 9.17) is 16.3 Å². The van der Waals surface area contributed by atoms with Crippen molar-refractivity contribution in [3.63, 3.8) is 0 Å². The number of halogens is 1. The summed E-state index contributed by atoms with van der Waals surface area (Å²) in [4.78, 5) is 20.0. The summed E-state index contributed by atoms with van der Waals surface area (Å²) in [7, 11) is 1.36. The quantitative estimate of drug-likeness (QED) is 0.491. The molecule has 1 aromatic carbocycles. The molecule has 2 aromatic heterocycles. The number of H-pyrrole nitrogens is 1. The molecule has 0 saturated carbocycles. The third kappa shape index (κ3) is 3.66. The summed E-state index contributed by atoms with van der Waals surface area (Å²) in [6.07, 6.45) is 0. The van der Waals surface area contributed by atoms with Crippen molar-refractivity contribution in [1.82, 2.24) is 9.97 Å². The number of hydrogen-bond donors (Lipinski definition) is 1. The highest BCUT2D eigenvalue weighted by Crippen LogP contribution is 2.33. The van der Waals surface area contributed by atoms with Crippen LogP contribution in [0.1, 0.15) is 20.9 Å². The molecule has 0 bridgehead atoms. The van der Waals surface area contributed by atoms with Gasteiger partial charge in [-0.1, -0.05) is 53.7 Å². The number of carbonyl (C=O) groups excluding carboxylic acids is 1. The molecule has 0 aliphatic rings. The smallest absolute Gasteiger partial charge is 0.348 e. The fraction of sp³-hybridized carbons (Fsp3) is 0.176. The van der Waals surface area contributed by atoms with Crippen LogP contribution in [0.2, 0.25) is 4.34 Å².